The fourth-order valence-electron chi connectivity index (χ4n) is 2.64. The van der Waals surface area contributed by atoms with Crippen molar-refractivity contribution in [1.29, 1.82) is 0 Å². The molecular formula is C21H31IN4O2. The fraction of sp³-hybridized carbons (Fsp3) is 0.381. The number of ether oxygens (including phenoxy) is 2. The zero-order valence-electron chi connectivity index (χ0n) is 16.9. The van der Waals surface area contributed by atoms with E-state index in [9.17, 15) is 0 Å². The van der Waals surface area contributed by atoms with Gasteiger partial charge in [-0.1, -0.05) is 30.3 Å². The number of benzene rings is 2. The predicted molar refractivity (Wildman–Crippen MR) is 127 cm³/mol. The summed E-state index contributed by atoms with van der Waals surface area (Å²) in [5.41, 5.74) is 8.09. The van der Waals surface area contributed by atoms with Crippen LogP contribution in [-0.2, 0) is 6.54 Å². The molecule has 0 bridgehead atoms. The van der Waals surface area contributed by atoms with Crippen LogP contribution < -0.4 is 20.5 Å². The summed E-state index contributed by atoms with van der Waals surface area (Å²) in [6.07, 6.45) is 0. The first kappa shape index (κ1) is 24.0. The van der Waals surface area contributed by atoms with Gasteiger partial charge in [0.25, 0.3) is 0 Å². The monoisotopic (exact) mass is 498 g/mol. The maximum Gasteiger partial charge on any atom is 0.193 e. The number of likely N-dealkylation sites (N-methyl/N-ethyl adjacent to an activating group) is 1. The molecule has 7 heteroatoms. The topological polar surface area (TPSA) is 72.1 Å². The molecule has 0 saturated carbocycles. The second-order valence-corrected chi connectivity index (χ2v) is 6.14. The highest BCUT2D eigenvalue weighted by Gasteiger charge is 2.07. The molecule has 0 aromatic heterocycles. The molecule has 6 nitrogen and oxygen atoms in total. The highest BCUT2D eigenvalue weighted by atomic mass is 127. The Morgan fingerprint density at radius 1 is 1.07 bits per heavy atom. The largest absolute Gasteiger partial charge is 0.494 e. The third-order valence-corrected chi connectivity index (χ3v) is 3.88. The van der Waals surface area contributed by atoms with Gasteiger partial charge in [-0.3, -0.25) is 4.99 Å². The molecule has 0 aliphatic carbocycles. The van der Waals surface area contributed by atoms with E-state index >= 15 is 0 Å². The van der Waals surface area contributed by atoms with Gasteiger partial charge in [0.2, 0.25) is 0 Å². The van der Waals surface area contributed by atoms with E-state index in [0.717, 1.165) is 30.3 Å². The summed E-state index contributed by atoms with van der Waals surface area (Å²) in [6.45, 7) is 7.38. The summed E-state index contributed by atoms with van der Waals surface area (Å²) in [7, 11) is 2.07. The summed E-state index contributed by atoms with van der Waals surface area (Å²) in [4.78, 5) is 6.64. The molecule has 0 aliphatic heterocycles. The normalized spacial score (nSPS) is 11.1. The Balaban J connectivity index is 0.00000392. The molecule has 0 fully saturated rings. The molecule has 2 aromatic carbocycles. The minimum Gasteiger partial charge on any atom is -0.494 e. The highest BCUT2D eigenvalue weighted by Crippen LogP contribution is 2.29. The Labute approximate surface area is 185 Å². The van der Waals surface area contributed by atoms with Crippen LogP contribution in [0.1, 0.15) is 19.4 Å². The van der Waals surface area contributed by atoms with E-state index in [1.165, 1.54) is 5.56 Å². The Morgan fingerprint density at radius 2 is 1.79 bits per heavy atom. The van der Waals surface area contributed by atoms with Crippen molar-refractivity contribution in [2.45, 2.75) is 20.4 Å². The van der Waals surface area contributed by atoms with Gasteiger partial charge >= 0.3 is 0 Å². The molecule has 2 rings (SSSR count). The summed E-state index contributed by atoms with van der Waals surface area (Å²) >= 11 is 0. The van der Waals surface area contributed by atoms with Gasteiger partial charge in [0, 0.05) is 19.2 Å². The van der Waals surface area contributed by atoms with E-state index in [2.05, 4.69) is 46.5 Å². The van der Waals surface area contributed by atoms with E-state index in [0.29, 0.717) is 25.7 Å². The first-order valence-electron chi connectivity index (χ1n) is 9.31. The van der Waals surface area contributed by atoms with E-state index in [4.69, 9.17) is 15.2 Å². The third kappa shape index (κ3) is 8.35. The van der Waals surface area contributed by atoms with Gasteiger partial charge < -0.3 is 25.4 Å². The zero-order chi connectivity index (χ0) is 19.5. The molecule has 2 aromatic rings. The zero-order valence-corrected chi connectivity index (χ0v) is 19.2. The van der Waals surface area contributed by atoms with Crippen LogP contribution >= 0.6 is 24.0 Å². The lowest BCUT2D eigenvalue weighted by Gasteiger charge is -2.16. The summed E-state index contributed by atoms with van der Waals surface area (Å²) in [5, 5.41) is 3.12. The number of nitrogens with two attached hydrogens (primary N) is 1. The van der Waals surface area contributed by atoms with Gasteiger partial charge in [-0.05, 0) is 38.6 Å². The quantitative estimate of drug-likeness (QED) is 0.295. The number of rotatable bonds is 10. The van der Waals surface area contributed by atoms with Crippen molar-refractivity contribution >= 4 is 35.6 Å². The van der Waals surface area contributed by atoms with Crippen LogP contribution in [0.4, 0.5) is 5.69 Å². The maximum atomic E-state index is 6.06. The number of halogens is 1. The molecule has 0 atom stereocenters. The van der Waals surface area contributed by atoms with E-state index in [-0.39, 0.29) is 24.0 Å². The number of nitrogens with one attached hydrogen (secondary N) is 1. The molecule has 0 saturated heterocycles. The Bertz CT molecular complexity index is 726. The molecule has 0 spiro atoms. The molecular weight excluding hydrogens is 467 g/mol. The molecule has 0 amide bonds. The number of nitrogens with zero attached hydrogens (tertiary/aromatic N) is 2. The molecule has 0 unspecified atom stereocenters. The van der Waals surface area contributed by atoms with Crippen LogP contribution in [0.2, 0.25) is 0 Å². The summed E-state index contributed by atoms with van der Waals surface area (Å²) < 4.78 is 11.2. The van der Waals surface area contributed by atoms with Crippen LogP contribution in [0.15, 0.2) is 53.5 Å². The third-order valence-electron chi connectivity index (χ3n) is 3.88. The molecule has 3 N–H and O–H groups in total. The molecule has 154 valence electrons. The number of hydrogen-bond donors (Lipinski definition) is 2. The average molecular weight is 498 g/mol. The van der Waals surface area contributed by atoms with Gasteiger partial charge in [0.15, 0.2) is 5.96 Å². The van der Waals surface area contributed by atoms with Crippen molar-refractivity contribution in [2.24, 2.45) is 10.7 Å². The van der Waals surface area contributed by atoms with Crippen molar-refractivity contribution in [3.8, 4) is 11.5 Å². The van der Waals surface area contributed by atoms with Gasteiger partial charge in [0.05, 0.1) is 25.4 Å². The van der Waals surface area contributed by atoms with E-state index in [1.54, 1.807) is 0 Å². The van der Waals surface area contributed by atoms with E-state index in [1.807, 2.05) is 38.1 Å². The molecule has 0 heterocycles. The predicted octanol–water partition coefficient (Wildman–Crippen LogP) is 3.96. The van der Waals surface area contributed by atoms with Crippen molar-refractivity contribution in [3.63, 3.8) is 0 Å². The first-order chi connectivity index (χ1) is 13.1. The maximum absolute atomic E-state index is 6.06. The minimum atomic E-state index is 0. The number of hydrogen-bond acceptors (Lipinski definition) is 4. The highest BCUT2D eigenvalue weighted by molar-refractivity contribution is 14.0. The lowest BCUT2D eigenvalue weighted by Crippen LogP contribution is -2.26. The lowest BCUT2D eigenvalue weighted by atomic mass is 10.2. The Kier molecular flexibility index (Phi) is 11.4. The number of aliphatic imine (C=N–C) groups is 1. The SMILES string of the molecule is CCOc1ccc(OCC)c(NC(N)=NCCN(C)Cc2ccccc2)c1.I. The van der Waals surface area contributed by atoms with Gasteiger partial charge in [-0.15, -0.1) is 24.0 Å². The van der Waals surface area contributed by atoms with Crippen molar-refractivity contribution in [3.05, 3.63) is 54.1 Å². The first-order valence-corrected chi connectivity index (χ1v) is 9.31. The van der Waals surface area contributed by atoms with E-state index < -0.39 is 0 Å². The van der Waals surface area contributed by atoms with Crippen molar-refractivity contribution in [2.75, 3.05) is 38.7 Å². The van der Waals surface area contributed by atoms with Crippen LogP contribution in [0.25, 0.3) is 0 Å². The van der Waals surface area contributed by atoms with Crippen LogP contribution in [-0.4, -0.2) is 44.2 Å². The Hall–Kier alpha value is -2.00. The summed E-state index contributed by atoms with van der Waals surface area (Å²) in [6, 6.07) is 16.0. The second-order valence-electron chi connectivity index (χ2n) is 6.14. The Morgan fingerprint density at radius 3 is 2.46 bits per heavy atom. The van der Waals surface area contributed by atoms with Crippen LogP contribution in [0.5, 0.6) is 11.5 Å². The van der Waals surface area contributed by atoms with Gasteiger partial charge in [0.1, 0.15) is 11.5 Å². The van der Waals surface area contributed by atoms with Crippen LogP contribution in [0.3, 0.4) is 0 Å². The van der Waals surface area contributed by atoms with Crippen molar-refractivity contribution < 1.29 is 9.47 Å². The number of guanidine groups is 1. The van der Waals surface area contributed by atoms with Gasteiger partial charge in [-0.2, -0.15) is 0 Å². The van der Waals surface area contributed by atoms with Crippen LogP contribution in [0, 0.1) is 0 Å². The minimum absolute atomic E-state index is 0. The summed E-state index contributed by atoms with van der Waals surface area (Å²) in [5.74, 6) is 1.84. The smallest absolute Gasteiger partial charge is 0.193 e. The second kappa shape index (κ2) is 13.2. The molecule has 28 heavy (non-hydrogen) atoms. The standard InChI is InChI=1S/C21H30N4O2.HI/c1-4-26-18-11-12-20(27-5-2)19(15-18)24-21(22)23-13-14-25(3)16-17-9-7-6-8-10-17;/h6-12,15H,4-5,13-14,16H2,1-3H3,(H3,22,23,24);1H. The van der Waals surface area contributed by atoms with Crippen molar-refractivity contribution in [1.82, 2.24) is 4.90 Å². The lowest BCUT2D eigenvalue weighted by molar-refractivity contribution is 0.332. The molecule has 0 radical (unpaired) electrons. The fourth-order valence-corrected chi connectivity index (χ4v) is 2.64. The van der Waals surface area contributed by atoms with Gasteiger partial charge in [-0.25, -0.2) is 0 Å². The number of anilines is 1. The average Bonchev–Trinajstić information content (AvgIpc) is 2.65. The molecule has 0 aliphatic rings.